The van der Waals surface area contributed by atoms with E-state index < -0.39 is 6.04 Å². The van der Waals surface area contributed by atoms with Crippen molar-refractivity contribution >= 4 is 23.7 Å². The second-order valence-corrected chi connectivity index (χ2v) is 7.57. The first-order valence-electron chi connectivity index (χ1n) is 9.15. The number of likely N-dealkylation sites (N-methyl/N-ethyl adjacent to an activating group) is 1. The minimum Gasteiger partial charge on any atom is -0.270 e. The van der Waals surface area contributed by atoms with Crippen LogP contribution in [0.2, 0.25) is 0 Å². The number of benzene rings is 1. The van der Waals surface area contributed by atoms with Gasteiger partial charge in [-0.25, -0.2) is 13.9 Å². The van der Waals surface area contributed by atoms with Crippen LogP contribution in [0, 0.1) is 13.8 Å². The Morgan fingerprint density at radius 2 is 1.96 bits per heavy atom. The average molecular weight is 366 g/mol. The molecule has 1 aromatic heterocycles. The molecule has 140 valence electrons. The molecule has 1 fully saturated rings. The van der Waals surface area contributed by atoms with Crippen LogP contribution in [0.15, 0.2) is 35.5 Å². The summed E-state index contributed by atoms with van der Waals surface area (Å²) in [6, 6.07) is 7.15. The Morgan fingerprint density at radius 1 is 1.22 bits per heavy atom. The van der Waals surface area contributed by atoms with Gasteiger partial charge in [0.15, 0.2) is 0 Å². The van der Waals surface area contributed by atoms with Gasteiger partial charge in [-0.15, -0.1) is 0 Å². The molecule has 1 atom stereocenters. The summed E-state index contributed by atoms with van der Waals surface area (Å²) in [5, 5.41) is 0. The fraction of sp³-hybridized carbons (Fsp3) is 0.400. The van der Waals surface area contributed by atoms with Gasteiger partial charge < -0.3 is 0 Å². The lowest BCUT2D eigenvalue weighted by Crippen LogP contribution is -2.62. The van der Waals surface area contributed by atoms with E-state index in [0.29, 0.717) is 11.8 Å². The molecule has 1 saturated heterocycles. The van der Waals surface area contributed by atoms with Crippen LogP contribution in [0.25, 0.3) is 0 Å². The van der Waals surface area contributed by atoms with Crippen molar-refractivity contribution in [3.63, 3.8) is 0 Å². The number of amides is 3. The van der Waals surface area contributed by atoms with Gasteiger partial charge in [0.1, 0.15) is 11.9 Å². The third kappa shape index (κ3) is 2.57. The maximum Gasteiger partial charge on any atom is 0.402 e. The number of carbonyl (C=O) groups is 2. The molecule has 2 aliphatic heterocycles. The van der Waals surface area contributed by atoms with Gasteiger partial charge in [-0.2, -0.15) is 0 Å². The molecule has 27 heavy (non-hydrogen) atoms. The van der Waals surface area contributed by atoms with Crippen molar-refractivity contribution in [1.82, 2.24) is 14.4 Å². The lowest BCUT2D eigenvalue weighted by molar-refractivity contribution is -0.677. The number of amidine groups is 1. The quantitative estimate of drug-likeness (QED) is 0.784. The highest BCUT2D eigenvalue weighted by Crippen LogP contribution is 2.31. The molecule has 0 spiro atoms. The summed E-state index contributed by atoms with van der Waals surface area (Å²) in [6.07, 6.45) is 1.95. The summed E-state index contributed by atoms with van der Waals surface area (Å²) >= 11 is 0. The molecule has 7 heteroatoms. The molecule has 1 unspecified atom stereocenters. The number of urea groups is 1. The molecule has 3 amide bonds. The van der Waals surface area contributed by atoms with Crippen LogP contribution < -0.4 is 4.57 Å². The van der Waals surface area contributed by atoms with Gasteiger partial charge in [0.25, 0.3) is 5.91 Å². The fourth-order valence-corrected chi connectivity index (χ4v) is 3.98. The van der Waals surface area contributed by atoms with Crippen molar-refractivity contribution in [1.29, 1.82) is 0 Å². The Balaban J connectivity index is 1.75. The second kappa shape index (κ2) is 6.04. The molecule has 0 radical (unpaired) electrons. The van der Waals surface area contributed by atoms with Gasteiger partial charge >= 0.3 is 12.0 Å². The molecule has 0 saturated carbocycles. The molecular weight excluding hydrogens is 342 g/mol. The molecular formula is C20H24N5O2+. The van der Waals surface area contributed by atoms with Gasteiger partial charge in [-0.05, 0) is 33.3 Å². The Labute approximate surface area is 158 Å². The number of fused-ring (bicyclic) bond motifs is 3. The monoisotopic (exact) mass is 366 g/mol. The molecule has 4 rings (SSSR count). The van der Waals surface area contributed by atoms with Gasteiger partial charge in [-0.1, -0.05) is 34.8 Å². The molecule has 3 heterocycles. The number of carbonyl (C=O) groups excluding carboxylic acids is 2. The number of imide groups is 1. The van der Waals surface area contributed by atoms with Gasteiger partial charge in [0.05, 0.1) is 12.6 Å². The van der Waals surface area contributed by atoms with E-state index in [2.05, 4.69) is 23.4 Å². The highest BCUT2D eigenvalue weighted by molar-refractivity contribution is 6.19. The maximum atomic E-state index is 13.3. The van der Waals surface area contributed by atoms with Crippen molar-refractivity contribution in [2.45, 2.75) is 46.3 Å². The van der Waals surface area contributed by atoms with E-state index in [-0.39, 0.29) is 24.5 Å². The number of aryl methyl sites for hydroxylation is 2. The van der Waals surface area contributed by atoms with E-state index in [1.54, 1.807) is 7.05 Å². The fourth-order valence-electron chi connectivity index (χ4n) is 3.98. The minimum absolute atomic E-state index is 0.213. The van der Waals surface area contributed by atoms with Crippen LogP contribution in [0.1, 0.15) is 42.8 Å². The zero-order chi connectivity index (χ0) is 19.5. The molecule has 0 N–H and O–H groups in total. The Kier molecular flexibility index (Phi) is 3.91. The van der Waals surface area contributed by atoms with E-state index in [1.807, 2.05) is 48.9 Å². The van der Waals surface area contributed by atoms with Crippen LogP contribution in [0.3, 0.4) is 0 Å². The van der Waals surface area contributed by atoms with Crippen LogP contribution in [-0.2, 0) is 11.3 Å². The molecule has 7 nitrogen and oxygen atoms in total. The van der Waals surface area contributed by atoms with Gasteiger partial charge in [0, 0.05) is 7.05 Å². The maximum absolute atomic E-state index is 13.3. The summed E-state index contributed by atoms with van der Waals surface area (Å²) in [5.74, 6) is 0.978. The first kappa shape index (κ1) is 17.5. The summed E-state index contributed by atoms with van der Waals surface area (Å²) < 4.78 is 3.97. The average Bonchev–Trinajstić information content (AvgIpc) is 3.11. The first-order chi connectivity index (χ1) is 12.8. The molecule has 1 aromatic carbocycles. The van der Waals surface area contributed by atoms with Crippen LogP contribution in [-0.4, -0.2) is 39.2 Å². The number of hydrogen-bond donors (Lipinski definition) is 0. The van der Waals surface area contributed by atoms with Crippen LogP contribution in [0.4, 0.5) is 10.7 Å². The molecule has 0 bridgehead atoms. The number of imidazole rings is 1. The topological polar surface area (TPSA) is 61.8 Å². The highest BCUT2D eigenvalue weighted by atomic mass is 16.2. The van der Waals surface area contributed by atoms with E-state index >= 15 is 0 Å². The van der Waals surface area contributed by atoms with Crippen molar-refractivity contribution in [2.24, 2.45) is 4.99 Å². The highest BCUT2D eigenvalue weighted by Gasteiger charge is 2.53. The molecule has 2 aromatic rings. The smallest absolute Gasteiger partial charge is 0.270 e. The van der Waals surface area contributed by atoms with E-state index in [4.69, 9.17) is 0 Å². The van der Waals surface area contributed by atoms with E-state index in [1.165, 1.54) is 9.80 Å². The summed E-state index contributed by atoms with van der Waals surface area (Å²) in [5.41, 5.74) is 3.08. The number of aromatic nitrogens is 2. The van der Waals surface area contributed by atoms with Gasteiger partial charge in [0.2, 0.25) is 11.9 Å². The number of aliphatic imine (C=N–C) groups is 1. The Hall–Kier alpha value is -2.96. The Morgan fingerprint density at radius 3 is 2.63 bits per heavy atom. The SMILES string of the molecule is Cc1cccc(CN2C(=O)C3C(=Nc4n(C(C)C)c(C)c[n+]43)N(C)C2=O)c1. The standard InChI is InChI=1S/C20H24N5O2/c1-12(2)25-14(4)10-23-16-17(21-19(23)25)22(5)20(27)24(18(16)26)11-15-8-6-7-13(3)9-15/h6-10,12,16H,11H2,1-5H3/q+1. The predicted molar refractivity (Wildman–Crippen MR) is 101 cm³/mol. The number of hydrogen-bond acceptors (Lipinski definition) is 3. The third-order valence-corrected chi connectivity index (χ3v) is 5.19. The zero-order valence-corrected chi connectivity index (χ0v) is 16.3. The summed E-state index contributed by atoms with van der Waals surface area (Å²) in [7, 11) is 1.68. The molecule has 0 aliphatic carbocycles. The predicted octanol–water partition coefficient (Wildman–Crippen LogP) is 2.65. The number of nitrogens with zero attached hydrogens (tertiary/aromatic N) is 5. The van der Waals surface area contributed by atoms with Crippen molar-refractivity contribution in [2.75, 3.05) is 7.05 Å². The van der Waals surface area contributed by atoms with Crippen molar-refractivity contribution in [3.05, 3.63) is 47.3 Å². The third-order valence-electron chi connectivity index (χ3n) is 5.19. The van der Waals surface area contributed by atoms with E-state index in [0.717, 1.165) is 16.8 Å². The Bertz CT molecular complexity index is 988. The first-order valence-corrected chi connectivity index (χ1v) is 9.15. The number of rotatable bonds is 3. The molecule has 2 aliphatic rings. The van der Waals surface area contributed by atoms with Crippen LogP contribution >= 0.6 is 0 Å². The lowest BCUT2D eigenvalue weighted by atomic mass is 10.1. The second-order valence-electron chi connectivity index (χ2n) is 7.57. The lowest BCUT2D eigenvalue weighted by Gasteiger charge is -2.33. The summed E-state index contributed by atoms with van der Waals surface area (Å²) in [4.78, 5) is 33.6. The van der Waals surface area contributed by atoms with E-state index in [9.17, 15) is 9.59 Å². The van der Waals surface area contributed by atoms with Crippen LogP contribution in [0.5, 0.6) is 0 Å². The summed E-state index contributed by atoms with van der Waals surface area (Å²) in [6.45, 7) is 8.42. The largest absolute Gasteiger partial charge is 0.402 e. The zero-order valence-electron chi connectivity index (χ0n) is 16.3. The van der Waals surface area contributed by atoms with Crippen molar-refractivity contribution < 1.29 is 14.2 Å². The van der Waals surface area contributed by atoms with Gasteiger partial charge in [-0.3, -0.25) is 14.6 Å². The normalized spacial score (nSPS) is 18.9. The van der Waals surface area contributed by atoms with Crippen molar-refractivity contribution in [3.8, 4) is 0 Å². The minimum atomic E-state index is -0.591.